The van der Waals surface area contributed by atoms with Crippen molar-refractivity contribution in [2.24, 2.45) is 0 Å². The van der Waals surface area contributed by atoms with E-state index in [1.807, 2.05) is 19.2 Å². The van der Waals surface area contributed by atoms with Crippen LogP contribution < -0.4 is 10.2 Å². The number of aliphatic hydroxyl groups excluding tert-OH is 1. The molecule has 0 saturated carbocycles. The van der Waals surface area contributed by atoms with E-state index in [-0.39, 0.29) is 6.61 Å². The fourth-order valence-corrected chi connectivity index (χ4v) is 2.39. The second-order valence-electron chi connectivity index (χ2n) is 4.59. The molecule has 18 heavy (non-hydrogen) atoms. The molecule has 1 atom stereocenters. The average Bonchev–Trinajstić information content (AvgIpc) is 3.04. The molecule has 96 valence electrons. The molecule has 3 rings (SSSR count). The van der Waals surface area contributed by atoms with Crippen LogP contribution in [-0.4, -0.2) is 45.9 Å². The lowest BCUT2D eigenvalue weighted by molar-refractivity contribution is 0.274. The van der Waals surface area contributed by atoms with Crippen molar-refractivity contribution in [3.63, 3.8) is 0 Å². The Morgan fingerprint density at radius 2 is 2.39 bits per heavy atom. The maximum atomic E-state index is 9.24. The Morgan fingerprint density at radius 3 is 3.11 bits per heavy atom. The Hall–Kier alpha value is -1.66. The molecular weight excluding hydrogens is 230 g/mol. The molecule has 1 aliphatic heterocycles. The van der Waals surface area contributed by atoms with Gasteiger partial charge in [-0.05, 0) is 25.6 Å². The fourth-order valence-electron chi connectivity index (χ4n) is 2.39. The van der Waals surface area contributed by atoms with Gasteiger partial charge in [0.15, 0.2) is 5.65 Å². The summed E-state index contributed by atoms with van der Waals surface area (Å²) in [5.74, 6) is 0.938. The number of rotatable bonds is 3. The Balaban J connectivity index is 1.93. The highest BCUT2D eigenvalue weighted by Crippen LogP contribution is 2.18. The number of fused-ring (bicyclic) bond motifs is 1. The molecule has 1 fully saturated rings. The first-order valence-electron chi connectivity index (χ1n) is 6.18. The van der Waals surface area contributed by atoms with Gasteiger partial charge in [0, 0.05) is 19.1 Å². The first kappa shape index (κ1) is 11.4. The van der Waals surface area contributed by atoms with Crippen molar-refractivity contribution in [3.8, 4) is 0 Å². The van der Waals surface area contributed by atoms with Crippen molar-refractivity contribution >= 4 is 11.5 Å². The Kier molecular flexibility index (Phi) is 2.89. The zero-order valence-electron chi connectivity index (χ0n) is 10.4. The monoisotopic (exact) mass is 247 g/mol. The lowest BCUT2D eigenvalue weighted by Gasteiger charge is -2.17. The lowest BCUT2D eigenvalue weighted by Crippen LogP contribution is -2.30. The predicted molar refractivity (Wildman–Crippen MR) is 68.6 cm³/mol. The minimum atomic E-state index is -0.0449. The number of anilines is 1. The Bertz CT molecular complexity index is 552. The van der Waals surface area contributed by atoms with E-state index in [0.717, 1.165) is 36.7 Å². The van der Waals surface area contributed by atoms with Gasteiger partial charge in [-0.25, -0.2) is 9.50 Å². The molecule has 3 heterocycles. The molecule has 1 aliphatic rings. The van der Waals surface area contributed by atoms with Gasteiger partial charge >= 0.3 is 0 Å². The van der Waals surface area contributed by atoms with Crippen LogP contribution in [0.3, 0.4) is 0 Å². The topological polar surface area (TPSA) is 65.7 Å². The van der Waals surface area contributed by atoms with Crippen LogP contribution in [0.1, 0.15) is 12.1 Å². The molecule has 0 aromatic carbocycles. The van der Waals surface area contributed by atoms with Crippen molar-refractivity contribution in [2.45, 2.75) is 19.1 Å². The van der Waals surface area contributed by atoms with Crippen LogP contribution >= 0.6 is 0 Å². The van der Waals surface area contributed by atoms with Gasteiger partial charge in [0.25, 0.3) is 0 Å². The number of imidazole rings is 1. The minimum absolute atomic E-state index is 0.0449. The van der Waals surface area contributed by atoms with Gasteiger partial charge in [-0.1, -0.05) is 0 Å². The van der Waals surface area contributed by atoms with Gasteiger partial charge in [0.1, 0.15) is 5.82 Å². The van der Waals surface area contributed by atoms with Crippen LogP contribution in [0, 0.1) is 0 Å². The molecule has 1 saturated heterocycles. The van der Waals surface area contributed by atoms with E-state index in [4.69, 9.17) is 0 Å². The van der Waals surface area contributed by atoms with Crippen LogP contribution in [0.5, 0.6) is 0 Å². The van der Waals surface area contributed by atoms with E-state index in [1.165, 1.54) is 0 Å². The number of nitrogens with one attached hydrogen (secondary N) is 1. The summed E-state index contributed by atoms with van der Waals surface area (Å²) in [5.41, 5.74) is 1.49. The zero-order valence-corrected chi connectivity index (χ0v) is 10.4. The van der Waals surface area contributed by atoms with Crippen LogP contribution in [0.15, 0.2) is 18.3 Å². The molecule has 2 aromatic rings. The lowest BCUT2D eigenvalue weighted by atomic mass is 10.3. The standard InChI is InChI=1S/C12H17N5O/c1-13-9-4-5-16(7-9)12-3-2-11-14-6-10(8-18)17(11)15-12/h2-3,6,9,13,18H,4-5,7-8H2,1H3/t9-/m0/s1. The molecule has 0 unspecified atom stereocenters. The Morgan fingerprint density at radius 1 is 1.50 bits per heavy atom. The van der Waals surface area contributed by atoms with Gasteiger partial charge in [-0.15, -0.1) is 5.10 Å². The number of hydrogen-bond donors (Lipinski definition) is 2. The van der Waals surface area contributed by atoms with E-state index in [9.17, 15) is 5.11 Å². The molecule has 0 amide bonds. The van der Waals surface area contributed by atoms with Crippen LogP contribution in [0.25, 0.3) is 5.65 Å². The third-order valence-corrected chi connectivity index (χ3v) is 3.50. The summed E-state index contributed by atoms with van der Waals surface area (Å²) >= 11 is 0. The summed E-state index contributed by atoms with van der Waals surface area (Å²) in [6.45, 7) is 1.93. The smallest absolute Gasteiger partial charge is 0.154 e. The maximum Gasteiger partial charge on any atom is 0.154 e. The zero-order chi connectivity index (χ0) is 12.5. The van der Waals surface area contributed by atoms with Gasteiger partial charge in [0.2, 0.25) is 0 Å². The largest absolute Gasteiger partial charge is 0.390 e. The highest BCUT2D eigenvalue weighted by Gasteiger charge is 2.22. The number of aliphatic hydroxyl groups is 1. The maximum absolute atomic E-state index is 9.24. The highest BCUT2D eigenvalue weighted by molar-refractivity contribution is 5.47. The summed E-state index contributed by atoms with van der Waals surface area (Å²) in [7, 11) is 1.99. The molecule has 0 bridgehead atoms. The molecule has 6 heteroatoms. The molecule has 2 aromatic heterocycles. The third kappa shape index (κ3) is 1.83. The number of hydrogen-bond acceptors (Lipinski definition) is 5. The highest BCUT2D eigenvalue weighted by atomic mass is 16.3. The van der Waals surface area contributed by atoms with E-state index in [1.54, 1.807) is 10.7 Å². The molecule has 2 N–H and O–H groups in total. The first-order valence-corrected chi connectivity index (χ1v) is 6.18. The van der Waals surface area contributed by atoms with Crippen molar-refractivity contribution in [2.75, 3.05) is 25.0 Å². The summed E-state index contributed by atoms with van der Waals surface area (Å²) in [6, 6.07) is 4.46. The van der Waals surface area contributed by atoms with Crippen molar-refractivity contribution in [3.05, 3.63) is 24.0 Å². The number of likely N-dealkylation sites (N-methyl/N-ethyl adjacent to an activating group) is 1. The van der Waals surface area contributed by atoms with Crippen molar-refractivity contribution < 1.29 is 5.11 Å². The van der Waals surface area contributed by atoms with Crippen LogP contribution in [-0.2, 0) is 6.61 Å². The van der Waals surface area contributed by atoms with Gasteiger partial charge in [-0.2, -0.15) is 0 Å². The number of nitrogens with zero attached hydrogens (tertiary/aromatic N) is 4. The third-order valence-electron chi connectivity index (χ3n) is 3.50. The van der Waals surface area contributed by atoms with E-state index in [2.05, 4.69) is 20.3 Å². The quantitative estimate of drug-likeness (QED) is 0.800. The minimum Gasteiger partial charge on any atom is -0.390 e. The van der Waals surface area contributed by atoms with E-state index >= 15 is 0 Å². The first-order chi connectivity index (χ1) is 8.81. The summed E-state index contributed by atoms with van der Waals surface area (Å²) in [5, 5.41) is 17.1. The molecular formula is C12H17N5O. The normalized spacial score (nSPS) is 19.9. The van der Waals surface area contributed by atoms with Gasteiger partial charge in [-0.3, -0.25) is 0 Å². The van der Waals surface area contributed by atoms with Crippen LogP contribution in [0.4, 0.5) is 5.82 Å². The van der Waals surface area contributed by atoms with Gasteiger partial charge in [0.05, 0.1) is 18.5 Å². The second kappa shape index (κ2) is 4.55. The average molecular weight is 247 g/mol. The predicted octanol–water partition coefficient (Wildman–Crippen LogP) is 0.0197. The second-order valence-corrected chi connectivity index (χ2v) is 4.59. The van der Waals surface area contributed by atoms with E-state index < -0.39 is 0 Å². The SMILES string of the molecule is CN[C@H]1CCN(c2ccc3ncc(CO)n3n2)C1. The summed E-state index contributed by atoms with van der Waals surface area (Å²) in [6.07, 6.45) is 2.79. The fraction of sp³-hybridized carbons (Fsp3) is 0.500. The molecule has 6 nitrogen and oxygen atoms in total. The van der Waals surface area contributed by atoms with Crippen molar-refractivity contribution in [1.82, 2.24) is 19.9 Å². The summed E-state index contributed by atoms with van der Waals surface area (Å²) in [4.78, 5) is 6.45. The van der Waals surface area contributed by atoms with Crippen LogP contribution in [0.2, 0.25) is 0 Å². The van der Waals surface area contributed by atoms with Crippen molar-refractivity contribution in [1.29, 1.82) is 0 Å². The molecule has 0 radical (unpaired) electrons. The molecule has 0 spiro atoms. The Labute approximate surface area is 105 Å². The molecule has 0 aliphatic carbocycles. The van der Waals surface area contributed by atoms with E-state index in [0.29, 0.717) is 6.04 Å². The summed E-state index contributed by atoms with van der Waals surface area (Å²) < 4.78 is 1.71. The number of aromatic nitrogens is 3. The van der Waals surface area contributed by atoms with Gasteiger partial charge < -0.3 is 15.3 Å².